The summed E-state index contributed by atoms with van der Waals surface area (Å²) in [4.78, 5) is 0. The minimum absolute atomic E-state index is 0.00104. The van der Waals surface area contributed by atoms with Gasteiger partial charge in [-0.3, -0.25) is 0 Å². The Balaban J connectivity index is 2.03. The van der Waals surface area contributed by atoms with Crippen LogP contribution in [0.15, 0.2) is 42.5 Å². The van der Waals surface area contributed by atoms with Gasteiger partial charge in [0.15, 0.2) is 0 Å². The number of alkyl halides is 3. The number of benzene rings is 2. The predicted octanol–water partition coefficient (Wildman–Crippen LogP) is 4.99. The van der Waals surface area contributed by atoms with Gasteiger partial charge in [0.2, 0.25) is 0 Å². The summed E-state index contributed by atoms with van der Waals surface area (Å²) < 4.78 is 53.4. The van der Waals surface area contributed by atoms with Crippen molar-refractivity contribution in [3.63, 3.8) is 0 Å². The summed E-state index contributed by atoms with van der Waals surface area (Å²) in [6.07, 6.45) is -4.73. The highest BCUT2D eigenvalue weighted by molar-refractivity contribution is 6.30. The van der Waals surface area contributed by atoms with Crippen molar-refractivity contribution in [2.24, 2.45) is 0 Å². The maximum Gasteiger partial charge on any atom is 0.573 e. The van der Waals surface area contributed by atoms with Crippen LogP contribution >= 0.6 is 11.6 Å². The minimum atomic E-state index is -4.73. The van der Waals surface area contributed by atoms with Crippen molar-refractivity contribution < 1.29 is 22.3 Å². The topological polar surface area (TPSA) is 21.3 Å². The second kappa shape index (κ2) is 6.22. The lowest BCUT2D eigenvalue weighted by molar-refractivity contribution is -0.274. The van der Waals surface area contributed by atoms with E-state index < -0.39 is 12.2 Å². The number of anilines is 1. The Labute approximate surface area is 123 Å². The van der Waals surface area contributed by atoms with Gasteiger partial charge >= 0.3 is 6.36 Å². The molecule has 0 saturated carbocycles. The van der Waals surface area contributed by atoms with E-state index in [9.17, 15) is 17.6 Å². The summed E-state index contributed by atoms with van der Waals surface area (Å²) in [6, 6.07) is 9.71. The molecule has 1 N–H and O–H groups in total. The van der Waals surface area contributed by atoms with Crippen molar-refractivity contribution in [3.8, 4) is 5.75 Å². The second-order valence-electron chi connectivity index (χ2n) is 4.18. The number of rotatable bonds is 4. The van der Waals surface area contributed by atoms with Gasteiger partial charge in [0.1, 0.15) is 11.6 Å². The van der Waals surface area contributed by atoms with Crippen LogP contribution in [0.4, 0.5) is 23.2 Å². The van der Waals surface area contributed by atoms with Crippen LogP contribution in [0.1, 0.15) is 5.56 Å². The van der Waals surface area contributed by atoms with Crippen LogP contribution < -0.4 is 10.1 Å². The highest BCUT2D eigenvalue weighted by Crippen LogP contribution is 2.24. The first-order valence-corrected chi connectivity index (χ1v) is 6.25. The van der Waals surface area contributed by atoms with Gasteiger partial charge < -0.3 is 10.1 Å². The minimum Gasteiger partial charge on any atom is -0.406 e. The summed E-state index contributed by atoms with van der Waals surface area (Å²) in [7, 11) is 0. The number of hydrogen-bond donors (Lipinski definition) is 1. The highest BCUT2D eigenvalue weighted by atomic mass is 35.5. The van der Waals surface area contributed by atoms with Gasteiger partial charge in [0, 0.05) is 12.2 Å². The van der Waals surface area contributed by atoms with Gasteiger partial charge in [0.05, 0.1) is 5.02 Å². The molecule has 21 heavy (non-hydrogen) atoms. The van der Waals surface area contributed by atoms with Gasteiger partial charge in [-0.15, -0.1) is 13.2 Å². The Bertz CT molecular complexity index is 631. The fraction of sp³-hybridized carbons (Fsp3) is 0.143. The van der Waals surface area contributed by atoms with E-state index in [4.69, 9.17) is 11.6 Å². The van der Waals surface area contributed by atoms with Crippen LogP contribution in [-0.4, -0.2) is 6.36 Å². The molecule has 0 unspecified atom stereocenters. The molecule has 0 aromatic heterocycles. The average Bonchev–Trinajstić information content (AvgIpc) is 2.39. The van der Waals surface area contributed by atoms with Crippen molar-refractivity contribution in [1.82, 2.24) is 0 Å². The van der Waals surface area contributed by atoms with E-state index >= 15 is 0 Å². The van der Waals surface area contributed by atoms with Gasteiger partial charge in [0.25, 0.3) is 0 Å². The summed E-state index contributed by atoms with van der Waals surface area (Å²) in [5.41, 5.74) is 1.03. The molecule has 0 aliphatic carbocycles. The average molecular weight is 320 g/mol. The normalized spacial score (nSPS) is 11.3. The maximum atomic E-state index is 13.2. The molecule has 0 amide bonds. The molecule has 0 fully saturated rings. The van der Waals surface area contributed by atoms with Crippen LogP contribution in [0.3, 0.4) is 0 Å². The molecule has 2 nitrogen and oxygen atoms in total. The summed E-state index contributed by atoms with van der Waals surface area (Å²) in [5, 5.41) is 2.88. The van der Waals surface area contributed by atoms with E-state index in [1.54, 1.807) is 12.1 Å². The molecule has 0 bridgehead atoms. The molecule has 0 spiro atoms. The zero-order chi connectivity index (χ0) is 15.5. The monoisotopic (exact) mass is 319 g/mol. The molecule has 0 aliphatic heterocycles. The number of halogens is 5. The zero-order valence-corrected chi connectivity index (χ0v) is 11.3. The third-order valence-electron chi connectivity index (χ3n) is 2.55. The zero-order valence-electron chi connectivity index (χ0n) is 10.5. The van der Waals surface area contributed by atoms with E-state index in [0.29, 0.717) is 11.3 Å². The lowest BCUT2D eigenvalue weighted by Crippen LogP contribution is -2.17. The van der Waals surface area contributed by atoms with Crippen LogP contribution in [0.25, 0.3) is 0 Å². The van der Waals surface area contributed by atoms with Gasteiger partial charge in [-0.25, -0.2) is 4.39 Å². The molecule has 0 atom stereocenters. The lowest BCUT2D eigenvalue weighted by Gasteiger charge is -2.11. The third-order valence-corrected chi connectivity index (χ3v) is 2.85. The van der Waals surface area contributed by atoms with Crippen molar-refractivity contribution >= 4 is 17.3 Å². The van der Waals surface area contributed by atoms with Crippen LogP contribution in [0.5, 0.6) is 5.75 Å². The molecular formula is C14H10ClF4NO. The molecular weight excluding hydrogens is 310 g/mol. The first kappa shape index (κ1) is 15.4. The second-order valence-corrected chi connectivity index (χ2v) is 4.58. The molecule has 2 aromatic carbocycles. The van der Waals surface area contributed by atoms with Crippen molar-refractivity contribution in [3.05, 3.63) is 58.9 Å². The van der Waals surface area contributed by atoms with Crippen molar-refractivity contribution in [2.75, 3.05) is 5.32 Å². The number of ether oxygens (including phenoxy) is 1. The molecule has 0 heterocycles. The molecule has 7 heteroatoms. The van der Waals surface area contributed by atoms with Crippen molar-refractivity contribution in [1.29, 1.82) is 0 Å². The Kier molecular flexibility index (Phi) is 4.57. The Morgan fingerprint density at radius 3 is 2.52 bits per heavy atom. The van der Waals surface area contributed by atoms with Gasteiger partial charge in [-0.05, 0) is 35.9 Å². The Hall–Kier alpha value is -1.95. The molecule has 0 aliphatic rings. The maximum absolute atomic E-state index is 13.2. The SMILES string of the molecule is Fc1cc(NCc2cccc(OC(F)(F)F)c2)ccc1Cl. The largest absolute Gasteiger partial charge is 0.573 e. The van der Waals surface area contributed by atoms with Gasteiger partial charge in [-0.2, -0.15) is 0 Å². The highest BCUT2D eigenvalue weighted by Gasteiger charge is 2.31. The standard InChI is InChI=1S/C14H10ClF4NO/c15-12-5-4-10(7-13(12)16)20-8-9-2-1-3-11(6-9)21-14(17,18)19/h1-7,20H,8H2. The van der Waals surface area contributed by atoms with E-state index in [1.165, 1.54) is 30.3 Å². The first-order chi connectivity index (χ1) is 9.83. The van der Waals surface area contributed by atoms with E-state index in [2.05, 4.69) is 10.1 Å². The smallest absolute Gasteiger partial charge is 0.406 e. The fourth-order valence-corrected chi connectivity index (χ4v) is 1.78. The molecule has 2 rings (SSSR count). The number of nitrogens with one attached hydrogen (secondary N) is 1. The lowest BCUT2D eigenvalue weighted by atomic mass is 10.2. The van der Waals surface area contributed by atoms with Crippen molar-refractivity contribution in [2.45, 2.75) is 12.9 Å². The summed E-state index contributed by atoms with van der Waals surface area (Å²) >= 11 is 5.55. The number of hydrogen-bond acceptors (Lipinski definition) is 2. The predicted molar refractivity (Wildman–Crippen MR) is 71.9 cm³/mol. The molecule has 2 aromatic rings. The third kappa shape index (κ3) is 4.82. The fourth-order valence-electron chi connectivity index (χ4n) is 1.66. The molecule has 0 saturated heterocycles. The van der Waals surface area contributed by atoms with Crippen LogP contribution in [-0.2, 0) is 6.54 Å². The first-order valence-electron chi connectivity index (χ1n) is 5.87. The Morgan fingerprint density at radius 2 is 1.86 bits per heavy atom. The Morgan fingerprint density at radius 1 is 1.10 bits per heavy atom. The summed E-state index contributed by atoms with van der Waals surface area (Å²) in [6.45, 7) is 0.218. The van der Waals surface area contributed by atoms with E-state index in [0.717, 1.165) is 0 Å². The quantitative estimate of drug-likeness (QED) is 0.802. The van der Waals surface area contributed by atoms with E-state index in [-0.39, 0.29) is 17.3 Å². The van der Waals surface area contributed by atoms with Gasteiger partial charge in [-0.1, -0.05) is 23.7 Å². The summed E-state index contributed by atoms with van der Waals surface area (Å²) in [5.74, 6) is -0.875. The van der Waals surface area contributed by atoms with E-state index in [1.807, 2.05) is 0 Å². The molecule has 112 valence electrons. The van der Waals surface area contributed by atoms with Crippen LogP contribution in [0, 0.1) is 5.82 Å². The van der Waals surface area contributed by atoms with Crippen LogP contribution in [0.2, 0.25) is 5.02 Å². The molecule has 0 radical (unpaired) electrons.